The van der Waals surface area contributed by atoms with Crippen molar-refractivity contribution in [2.75, 3.05) is 38.7 Å². The monoisotopic (exact) mass is 470 g/mol. The van der Waals surface area contributed by atoms with Crippen molar-refractivity contribution in [3.63, 3.8) is 0 Å². The third kappa shape index (κ3) is 4.55. The summed E-state index contributed by atoms with van der Waals surface area (Å²) in [7, 11) is -3.49. The summed E-state index contributed by atoms with van der Waals surface area (Å²) in [4.78, 5) is 29.2. The summed E-state index contributed by atoms with van der Waals surface area (Å²) in [5.74, 6) is 1.33. The molecule has 2 aromatic carbocycles. The van der Waals surface area contributed by atoms with Crippen molar-refractivity contribution in [1.29, 1.82) is 0 Å². The Morgan fingerprint density at radius 1 is 0.909 bits per heavy atom. The number of fused-ring (bicyclic) bond motifs is 1. The van der Waals surface area contributed by atoms with Crippen LogP contribution in [0.25, 0.3) is 0 Å². The first-order chi connectivity index (χ1) is 15.9. The lowest BCUT2D eigenvalue weighted by molar-refractivity contribution is -0.140. The molecule has 5 rings (SSSR count). The van der Waals surface area contributed by atoms with Gasteiger partial charge in [0, 0.05) is 38.5 Å². The second-order valence-electron chi connectivity index (χ2n) is 8.65. The van der Waals surface area contributed by atoms with Crippen LogP contribution in [-0.4, -0.2) is 68.8 Å². The lowest BCUT2D eigenvalue weighted by atomic mass is 10.1. The largest absolute Gasteiger partial charge is 0.454 e. The number of ether oxygens (including phenoxy) is 2. The number of carbonyl (C=O) groups excluding carboxylic acids is 2. The van der Waals surface area contributed by atoms with Gasteiger partial charge in [0.25, 0.3) is 0 Å². The first kappa shape index (κ1) is 21.8. The van der Waals surface area contributed by atoms with Crippen LogP contribution in [0.5, 0.6) is 11.5 Å². The molecule has 0 unspecified atom stereocenters. The maximum Gasteiger partial charge on any atom is 0.231 e. The zero-order valence-corrected chi connectivity index (χ0v) is 19.0. The van der Waals surface area contributed by atoms with Gasteiger partial charge in [0.05, 0.1) is 10.6 Å². The number of carbonyl (C=O) groups is 2. The van der Waals surface area contributed by atoms with Gasteiger partial charge in [-0.25, -0.2) is 8.42 Å². The van der Waals surface area contributed by atoms with Gasteiger partial charge in [-0.05, 0) is 42.2 Å². The number of rotatable bonds is 6. The predicted octanol–water partition coefficient (Wildman–Crippen LogP) is 2.05. The SMILES string of the molecule is O=C(CCS(=O)(=O)c1ccccc1)N1CCN(C(=O)[C@H]2C[C@@H]2c2ccc3c(c2)OCO3)CC1. The average molecular weight is 471 g/mol. The first-order valence-electron chi connectivity index (χ1n) is 11.2. The van der Waals surface area contributed by atoms with Crippen LogP contribution < -0.4 is 9.47 Å². The first-order valence-corrected chi connectivity index (χ1v) is 12.8. The van der Waals surface area contributed by atoms with Gasteiger partial charge in [-0.1, -0.05) is 24.3 Å². The van der Waals surface area contributed by atoms with E-state index in [0.29, 0.717) is 26.2 Å². The Morgan fingerprint density at radius 2 is 1.61 bits per heavy atom. The van der Waals surface area contributed by atoms with E-state index < -0.39 is 9.84 Å². The van der Waals surface area contributed by atoms with E-state index in [1.165, 1.54) is 0 Å². The number of nitrogens with zero attached hydrogens (tertiary/aromatic N) is 2. The fraction of sp³-hybridized carbons (Fsp3) is 0.417. The number of hydrogen-bond acceptors (Lipinski definition) is 6. The van der Waals surface area contributed by atoms with E-state index in [-0.39, 0.29) is 47.5 Å². The highest BCUT2D eigenvalue weighted by molar-refractivity contribution is 7.91. The van der Waals surface area contributed by atoms with Gasteiger partial charge < -0.3 is 19.3 Å². The van der Waals surface area contributed by atoms with Crippen LogP contribution in [0.3, 0.4) is 0 Å². The van der Waals surface area contributed by atoms with Crippen molar-refractivity contribution >= 4 is 21.7 Å². The normalized spacial score (nSPS) is 21.7. The molecule has 33 heavy (non-hydrogen) atoms. The third-order valence-electron chi connectivity index (χ3n) is 6.56. The zero-order chi connectivity index (χ0) is 23.0. The molecule has 2 aliphatic heterocycles. The highest BCUT2D eigenvalue weighted by Crippen LogP contribution is 2.50. The Kier molecular flexibility index (Phi) is 5.74. The Morgan fingerprint density at radius 3 is 2.36 bits per heavy atom. The van der Waals surface area contributed by atoms with Crippen molar-refractivity contribution in [3.05, 3.63) is 54.1 Å². The molecule has 2 heterocycles. The number of sulfone groups is 1. The molecule has 0 aromatic heterocycles. The fourth-order valence-corrected chi connectivity index (χ4v) is 5.77. The summed E-state index contributed by atoms with van der Waals surface area (Å²) in [6, 6.07) is 14.0. The van der Waals surface area contributed by atoms with E-state index in [0.717, 1.165) is 23.5 Å². The van der Waals surface area contributed by atoms with Gasteiger partial charge in [-0.15, -0.1) is 0 Å². The van der Waals surface area contributed by atoms with Crippen LogP contribution in [0.2, 0.25) is 0 Å². The topological polar surface area (TPSA) is 93.2 Å². The van der Waals surface area contributed by atoms with Gasteiger partial charge in [-0.2, -0.15) is 0 Å². The van der Waals surface area contributed by atoms with Gasteiger partial charge in [0.2, 0.25) is 18.6 Å². The fourth-order valence-electron chi connectivity index (χ4n) is 4.52. The summed E-state index contributed by atoms with van der Waals surface area (Å²) < 4.78 is 35.6. The maximum atomic E-state index is 13.0. The molecule has 3 aliphatic rings. The molecule has 0 bridgehead atoms. The van der Waals surface area contributed by atoms with Crippen molar-refractivity contribution in [3.8, 4) is 11.5 Å². The highest BCUT2D eigenvalue weighted by atomic mass is 32.2. The van der Waals surface area contributed by atoms with Crippen LogP contribution >= 0.6 is 0 Å². The van der Waals surface area contributed by atoms with Crippen molar-refractivity contribution in [1.82, 2.24) is 9.80 Å². The molecule has 9 heteroatoms. The lowest BCUT2D eigenvalue weighted by Gasteiger charge is -2.35. The molecule has 1 saturated carbocycles. The smallest absolute Gasteiger partial charge is 0.231 e. The van der Waals surface area contributed by atoms with Crippen molar-refractivity contribution in [2.24, 2.45) is 5.92 Å². The molecule has 0 spiro atoms. The van der Waals surface area contributed by atoms with Crippen LogP contribution in [0.4, 0.5) is 0 Å². The predicted molar refractivity (Wildman–Crippen MR) is 120 cm³/mol. The van der Waals surface area contributed by atoms with E-state index in [1.54, 1.807) is 35.2 Å². The summed E-state index contributed by atoms with van der Waals surface area (Å²) in [5, 5.41) is 0. The molecule has 1 aliphatic carbocycles. The Balaban J connectivity index is 1.10. The molecule has 0 N–H and O–H groups in total. The Hall–Kier alpha value is -3.07. The van der Waals surface area contributed by atoms with Gasteiger partial charge >= 0.3 is 0 Å². The molecule has 2 fully saturated rings. The molecule has 1 saturated heterocycles. The minimum atomic E-state index is -3.49. The number of benzene rings is 2. The van der Waals surface area contributed by atoms with Gasteiger partial charge in [-0.3, -0.25) is 9.59 Å². The number of hydrogen-bond donors (Lipinski definition) is 0. The minimum absolute atomic E-state index is 0.0383. The Labute approximate surface area is 193 Å². The zero-order valence-electron chi connectivity index (χ0n) is 18.2. The second-order valence-corrected chi connectivity index (χ2v) is 10.8. The summed E-state index contributed by atoms with van der Waals surface area (Å²) >= 11 is 0. The van der Waals surface area contributed by atoms with Crippen LogP contribution in [0, 0.1) is 5.92 Å². The highest BCUT2D eigenvalue weighted by Gasteiger charge is 2.46. The van der Waals surface area contributed by atoms with Crippen molar-refractivity contribution in [2.45, 2.75) is 23.7 Å². The third-order valence-corrected chi connectivity index (χ3v) is 8.30. The standard InChI is InChI=1S/C24H26N2O6S/c27-23(8-13-33(29,30)18-4-2-1-3-5-18)25-9-11-26(12-10-25)24(28)20-15-19(20)17-6-7-21-22(14-17)32-16-31-21/h1-7,14,19-20H,8-13,15-16H2/t19-,20+/m1/s1. The molecule has 174 valence electrons. The van der Waals surface area contributed by atoms with Gasteiger partial charge in [0.1, 0.15) is 0 Å². The van der Waals surface area contributed by atoms with E-state index in [9.17, 15) is 18.0 Å². The molecular weight excluding hydrogens is 444 g/mol. The summed E-state index contributed by atoms with van der Waals surface area (Å²) in [6.45, 7) is 2.03. The maximum absolute atomic E-state index is 13.0. The summed E-state index contributed by atoms with van der Waals surface area (Å²) in [5.41, 5.74) is 1.09. The van der Waals surface area contributed by atoms with Crippen LogP contribution in [0.1, 0.15) is 24.3 Å². The van der Waals surface area contributed by atoms with E-state index in [2.05, 4.69) is 0 Å². The minimum Gasteiger partial charge on any atom is -0.454 e. The van der Waals surface area contributed by atoms with E-state index in [4.69, 9.17) is 9.47 Å². The average Bonchev–Trinajstić information content (AvgIpc) is 3.51. The Bertz CT molecular complexity index is 1160. The molecule has 2 aromatic rings. The van der Waals surface area contributed by atoms with E-state index in [1.807, 2.05) is 23.1 Å². The van der Waals surface area contributed by atoms with Gasteiger partial charge in [0.15, 0.2) is 21.3 Å². The van der Waals surface area contributed by atoms with Crippen LogP contribution in [0.15, 0.2) is 53.4 Å². The number of amides is 2. The quantitative estimate of drug-likeness (QED) is 0.642. The van der Waals surface area contributed by atoms with Crippen LogP contribution in [-0.2, 0) is 19.4 Å². The lowest BCUT2D eigenvalue weighted by Crippen LogP contribution is -2.51. The molecule has 0 radical (unpaired) electrons. The molecule has 2 atom stereocenters. The molecular formula is C24H26N2O6S. The summed E-state index contributed by atoms with van der Waals surface area (Å²) in [6.07, 6.45) is 0.759. The second kappa shape index (κ2) is 8.70. The van der Waals surface area contributed by atoms with E-state index >= 15 is 0 Å². The molecule has 8 nitrogen and oxygen atoms in total. The molecule has 2 amide bonds. The van der Waals surface area contributed by atoms with Crippen molar-refractivity contribution < 1.29 is 27.5 Å². The number of piperazine rings is 1.